The third-order valence-electron chi connectivity index (χ3n) is 8.99. The molecule has 1 spiro atoms. The van der Waals surface area contributed by atoms with Crippen molar-refractivity contribution in [3.8, 4) is 0 Å². The first kappa shape index (κ1) is 31.4. The van der Waals surface area contributed by atoms with Crippen LogP contribution < -0.4 is 5.32 Å². The second-order valence-corrected chi connectivity index (χ2v) is 13.6. The zero-order valence-electron chi connectivity index (χ0n) is 26.0. The maximum absolute atomic E-state index is 14.4. The van der Waals surface area contributed by atoms with E-state index in [4.69, 9.17) is 4.99 Å². The highest BCUT2D eigenvalue weighted by Crippen LogP contribution is 2.48. The molecule has 0 unspecified atom stereocenters. The summed E-state index contributed by atoms with van der Waals surface area (Å²) in [5.74, 6) is -1.11. The van der Waals surface area contributed by atoms with Crippen molar-refractivity contribution in [3.63, 3.8) is 0 Å². The number of tetrazole rings is 1. The number of H-pyrrole nitrogens is 1. The lowest BCUT2D eigenvalue weighted by atomic mass is 9.75. The van der Waals surface area contributed by atoms with E-state index < -0.39 is 17.3 Å². The van der Waals surface area contributed by atoms with Crippen LogP contribution in [-0.4, -0.2) is 48.7 Å². The molecular weight excluding hydrogens is 564 g/mol. The molecule has 44 heavy (non-hydrogen) atoms. The summed E-state index contributed by atoms with van der Waals surface area (Å²) in [6, 6.07) is 10.5. The second-order valence-electron chi connectivity index (χ2n) is 13.6. The van der Waals surface area contributed by atoms with Crippen LogP contribution in [0.25, 0.3) is 0 Å². The van der Waals surface area contributed by atoms with E-state index in [1.165, 1.54) is 6.07 Å². The lowest BCUT2D eigenvalue weighted by Crippen LogP contribution is -2.51. The molecule has 1 aliphatic heterocycles. The lowest BCUT2D eigenvalue weighted by molar-refractivity contribution is -0.133. The van der Waals surface area contributed by atoms with E-state index in [1.54, 1.807) is 12.1 Å². The minimum Gasteiger partial charge on any atom is -0.345 e. The number of aliphatic imine (C=N–C) groups is 1. The van der Waals surface area contributed by atoms with Crippen molar-refractivity contribution in [2.24, 2.45) is 22.2 Å². The van der Waals surface area contributed by atoms with Crippen LogP contribution in [-0.2, 0) is 11.3 Å². The fourth-order valence-corrected chi connectivity index (χ4v) is 6.39. The Kier molecular flexibility index (Phi) is 8.95. The highest BCUT2D eigenvalue weighted by molar-refractivity contribution is 6.46. The highest BCUT2D eigenvalue weighted by atomic mass is 19.2. The average Bonchev–Trinajstić information content (AvgIpc) is 3.60. The molecule has 11 heteroatoms. The Balaban J connectivity index is 1.49. The van der Waals surface area contributed by atoms with Gasteiger partial charge >= 0.3 is 0 Å². The van der Waals surface area contributed by atoms with Gasteiger partial charge in [-0.15, -0.1) is 10.2 Å². The van der Waals surface area contributed by atoms with E-state index in [1.807, 2.05) is 17.0 Å². The second kappa shape index (κ2) is 12.5. The van der Waals surface area contributed by atoms with Crippen molar-refractivity contribution >= 4 is 17.5 Å². The van der Waals surface area contributed by atoms with Crippen molar-refractivity contribution in [3.05, 3.63) is 76.6 Å². The number of carbonyl (C=O) groups excluding carboxylic acids is 2. The molecule has 0 saturated heterocycles. The van der Waals surface area contributed by atoms with Crippen molar-refractivity contribution in [1.29, 1.82) is 0 Å². The summed E-state index contributed by atoms with van der Waals surface area (Å²) in [6.45, 7) is 11.1. The summed E-state index contributed by atoms with van der Waals surface area (Å²) in [4.78, 5) is 34.2. The van der Waals surface area contributed by atoms with Gasteiger partial charge in [0, 0.05) is 11.1 Å². The van der Waals surface area contributed by atoms with Crippen LogP contribution in [0, 0.1) is 28.9 Å². The molecular formula is C33H41F2N7O2. The van der Waals surface area contributed by atoms with Crippen molar-refractivity contribution < 1.29 is 18.4 Å². The van der Waals surface area contributed by atoms with E-state index in [2.05, 4.69) is 60.6 Å². The fourth-order valence-electron chi connectivity index (χ4n) is 6.39. The molecule has 2 aromatic carbocycles. The molecule has 0 bridgehead atoms. The smallest absolute Gasteiger partial charge is 0.275 e. The number of hydrogen-bond acceptors (Lipinski definition) is 6. The average molecular weight is 606 g/mol. The summed E-state index contributed by atoms with van der Waals surface area (Å²) in [5.41, 5.74) is 1.03. The lowest BCUT2D eigenvalue weighted by Gasteiger charge is -2.46. The van der Waals surface area contributed by atoms with Gasteiger partial charge in [0.2, 0.25) is 0 Å². The number of nitrogens with one attached hydrogen (secondary N) is 2. The zero-order chi connectivity index (χ0) is 31.6. The Hall–Kier alpha value is -4.02. The van der Waals surface area contributed by atoms with Gasteiger partial charge in [0.25, 0.3) is 11.8 Å². The molecule has 2 amide bonds. The molecule has 0 radical (unpaired) electrons. The summed E-state index contributed by atoms with van der Waals surface area (Å²) in [6.07, 6.45) is 4.73. The van der Waals surface area contributed by atoms with E-state index >= 15 is 0 Å². The number of amides is 2. The van der Waals surface area contributed by atoms with Crippen LogP contribution in [0.4, 0.5) is 8.78 Å². The van der Waals surface area contributed by atoms with Gasteiger partial charge in [0.15, 0.2) is 17.5 Å². The Bertz CT molecular complexity index is 1510. The minimum atomic E-state index is -1.01. The number of aromatic nitrogens is 4. The minimum absolute atomic E-state index is 0.00222. The molecule has 1 aromatic heterocycles. The van der Waals surface area contributed by atoms with Crippen molar-refractivity contribution in [1.82, 2.24) is 30.8 Å². The molecule has 1 atom stereocenters. The molecule has 3 aromatic rings. The molecule has 234 valence electrons. The Morgan fingerprint density at radius 2 is 1.80 bits per heavy atom. The van der Waals surface area contributed by atoms with Gasteiger partial charge in [-0.2, -0.15) is 5.21 Å². The first-order valence-corrected chi connectivity index (χ1v) is 15.4. The van der Waals surface area contributed by atoms with E-state index in [9.17, 15) is 18.4 Å². The number of hydrogen-bond donors (Lipinski definition) is 2. The normalized spacial score (nSPS) is 21.2. The third kappa shape index (κ3) is 6.71. The van der Waals surface area contributed by atoms with Crippen LogP contribution in [0.3, 0.4) is 0 Å². The Labute approximate surface area is 256 Å². The molecule has 2 N–H and O–H groups in total. The fraction of sp³-hybridized carbons (Fsp3) is 0.515. The maximum atomic E-state index is 14.4. The molecule has 1 aliphatic carbocycles. The molecule has 2 aliphatic rings. The van der Waals surface area contributed by atoms with Gasteiger partial charge in [0.05, 0.1) is 12.6 Å². The summed E-state index contributed by atoms with van der Waals surface area (Å²) >= 11 is 0. The molecule has 1 fully saturated rings. The predicted molar refractivity (Wildman–Crippen MR) is 162 cm³/mol. The quantitative estimate of drug-likeness (QED) is 0.304. The van der Waals surface area contributed by atoms with Crippen molar-refractivity contribution in [2.75, 3.05) is 0 Å². The first-order chi connectivity index (χ1) is 20.9. The van der Waals surface area contributed by atoms with E-state index in [0.29, 0.717) is 42.5 Å². The predicted octanol–water partition coefficient (Wildman–Crippen LogP) is 6.15. The zero-order valence-corrected chi connectivity index (χ0v) is 26.0. The largest absolute Gasteiger partial charge is 0.345 e. The SMILES string of the molecule is CC(C)C1CCC2(CC1)N=C(c1ccc(F)c(F)c1)C(=O)N2[C@H](CCC(C)(C)C)c1ccc(C(=O)NCc2nn[nH]n2)cc1. The van der Waals surface area contributed by atoms with Crippen LogP contribution in [0.1, 0.15) is 106 Å². The molecule has 5 rings (SSSR count). The topological polar surface area (TPSA) is 116 Å². The summed E-state index contributed by atoms with van der Waals surface area (Å²) in [7, 11) is 0. The molecule has 2 heterocycles. The van der Waals surface area contributed by atoms with E-state index in [0.717, 1.165) is 37.0 Å². The standard InChI is InChI=1S/C33H41F2N7O2/c1-20(2)21-12-16-33(17-13-21)37-29(24-10-11-25(34)26(35)18-24)31(44)42(33)27(14-15-32(3,4)5)22-6-8-23(9-7-22)30(43)36-19-28-38-40-41-39-28/h6-11,18,20-21,27H,12-17,19H2,1-5H3,(H,36,43)(H,38,39,40,41)/t21?,27-,33?/m1/s1. The van der Waals surface area contributed by atoms with Gasteiger partial charge in [-0.05, 0) is 91.7 Å². The van der Waals surface area contributed by atoms with Gasteiger partial charge in [-0.1, -0.05) is 52.0 Å². The van der Waals surface area contributed by atoms with Gasteiger partial charge in [-0.3, -0.25) is 14.6 Å². The number of nitrogens with zero attached hydrogens (tertiary/aromatic N) is 5. The van der Waals surface area contributed by atoms with Crippen molar-refractivity contribution in [2.45, 2.75) is 91.4 Å². The Morgan fingerprint density at radius 1 is 1.09 bits per heavy atom. The van der Waals surface area contributed by atoms with Crippen LogP contribution in [0.15, 0.2) is 47.5 Å². The van der Waals surface area contributed by atoms with Gasteiger partial charge in [-0.25, -0.2) is 8.78 Å². The Morgan fingerprint density at radius 3 is 2.39 bits per heavy atom. The molecule has 1 saturated carbocycles. The van der Waals surface area contributed by atoms with Crippen LogP contribution >= 0.6 is 0 Å². The number of benzene rings is 2. The van der Waals surface area contributed by atoms with Gasteiger partial charge in [0.1, 0.15) is 11.4 Å². The van der Waals surface area contributed by atoms with Crippen LogP contribution in [0.2, 0.25) is 0 Å². The maximum Gasteiger partial charge on any atom is 0.275 e. The number of rotatable bonds is 9. The first-order valence-electron chi connectivity index (χ1n) is 15.4. The van der Waals surface area contributed by atoms with E-state index in [-0.39, 0.29) is 41.1 Å². The van der Waals surface area contributed by atoms with Crippen LogP contribution in [0.5, 0.6) is 0 Å². The number of aromatic amines is 1. The van der Waals surface area contributed by atoms with Gasteiger partial charge < -0.3 is 10.2 Å². The monoisotopic (exact) mass is 605 g/mol. The molecule has 9 nitrogen and oxygen atoms in total. The number of halogens is 2. The number of carbonyl (C=O) groups is 2. The highest BCUT2D eigenvalue weighted by Gasteiger charge is 2.52. The summed E-state index contributed by atoms with van der Waals surface area (Å²) < 4.78 is 28.2. The summed E-state index contributed by atoms with van der Waals surface area (Å²) in [5, 5.41) is 16.4. The third-order valence-corrected chi connectivity index (χ3v) is 8.99.